The number of amides is 1. The minimum absolute atomic E-state index is 0.0836. The van der Waals surface area contributed by atoms with Gasteiger partial charge in [0.15, 0.2) is 0 Å². The van der Waals surface area contributed by atoms with Crippen molar-refractivity contribution in [2.24, 2.45) is 5.92 Å². The van der Waals surface area contributed by atoms with E-state index in [0.717, 1.165) is 18.4 Å². The van der Waals surface area contributed by atoms with Crippen LogP contribution >= 0.6 is 22.9 Å². The summed E-state index contributed by atoms with van der Waals surface area (Å²) in [5.74, 6) is 0.0435. The van der Waals surface area contributed by atoms with Crippen molar-refractivity contribution < 1.29 is 4.79 Å². The van der Waals surface area contributed by atoms with E-state index in [9.17, 15) is 4.79 Å². The highest BCUT2D eigenvalue weighted by Crippen LogP contribution is 2.28. The van der Waals surface area contributed by atoms with Gasteiger partial charge in [-0.2, -0.15) is 5.26 Å². The lowest BCUT2D eigenvalue weighted by molar-refractivity contribution is -0.134. The molecule has 0 bridgehead atoms. The SMILES string of the molecule is N#CC1CCN(C(=O)C(Cc2cccs2)c2ccc(Cl)cc2)CC1. The molecule has 0 radical (unpaired) electrons. The fourth-order valence-electron chi connectivity index (χ4n) is 3.12. The zero-order valence-corrected chi connectivity index (χ0v) is 14.9. The second kappa shape index (κ2) is 7.83. The first-order valence-corrected chi connectivity index (χ1v) is 9.39. The molecule has 3 nitrogen and oxygen atoms in total. The van der Waals surface area contributed by atoms with Gasteiger partial charge >= 0.3 is 0 Å². The first kappa shape index (κ1) is 17.0. The van der Waals surface area contributed by atoms with E-state index in [1.165, 1.54) is 4.88 Å². The van der Waals surface area contributed by atoms with Crippen molar-refractivity contribution in [3.05, 3.63) is 57.2 Å². The number of likely N-dealkylation sites (tertiary alicyclic amines) is 1. The zero-order valence-electron chi connectivity index (χ0n) is 13.3. The summed E-state index contributed by atoms with van der Waals surface area (Å²) in [6.45, 7) is 1.34. The van der Waals surface area contributed by atoms with E-state index in [0.29, 0.717) is 24.5 Å². The molecule has 1 aromatic carbocycles. The van der Waals surface area contributed by atoms with Gasteiger partial charge in [-0.25, -0.2) is 0 Å². The van der Waals surface area contributed by atoms with Gasteiger partial charge in [-0.05, 0) is 48.4 Å². The van der Waals surface area contributed by atoms with Gasteiger partial charge in [-0.3, -0.25) is 4.79 Å². The third-order valence-electron chi connectivity index (χ3n) is 4.55. The molecular formula is C19H19ClN2OS. The smallest absolute Gasteiger partial charge is 0.230 e. The van der Waals surface area contributed by atoms with Gasteiger partial charge in [-0.15, -0.1) is 11.3 Å². The lowest BCUT2D eigenvalue weighted by Crippen LogP contribution is -2.41. The number of nitriles is 1. The molecule has 0 saturated carbocycles. The topological polar surface area (TPSA) is 44.1 Å². The molecule has 1 aliphatic heterocycles. The molecule has 24 heavy (non-hydrogen) atoms. The number of carbonyl (C=O) groups is 1. The molecule has 1 atom stereocenters. The lowest BCUT2D eigenvalue weighted by Gasteiger charge is -2.32. The minimum Gasteiger partial charge on any atom is -0.342 e. The number of hydrogen-bond donors (Lipinski definition) is 0. The number of carbonyl (C=O) groups excluding carboxylic acids is 1. The summed E-state index contributed by atoms with van der Waals surface area (Å²) in [5.41, 5.74) is 1.00. The van der Waals surface area contributed by atoms with Crippen molar-refractivity contribution in [1.29, 1.82) is 5.26 Å². The number of piperidine rings is 1. The normalized spacial score (nSPS) is 16.6. The molecule has 2 aromatic rings. The van der Waals surface area contributed by atoms with Gasteiger partial charge in [0.25, 0.3) is 0 Å². The molecule has 1 fully saturated rings. The highest BCUT2D eigenvalue weighted by Gasteiger charge is 2.29. The van der Waals surface area contributed by atoms with Gasteiger partial charge < -0.3 is 4.90 Å². The number of benzene rings is 1. The Morgan fingerprint density at radius 3 is 2.58 bits per heavy atom. The summed E-state index contributed by atoms with van der Waals surface area (Å²) >= 11 is 7.67. The Morgan fingerprint density at radius 1 is 1.29 bits per heavy atom. The van der Waals surface area contributed by atoms with E-state index in [1.807, 2.05) is 40.6 Å². The number of halogens is 1. The molecule has 1 saturated heterocycles. The van der Waals surface area contributed by atoms with Gasteiger partial charge in [0.05, 0.1) is 12.0 Å². The van der Waals surface area contributed by atoms with Crippen LogP contribution in [0.5, 0.6) is 0 Å². The standard InChI is InChI=1S/C19H19ClN2OS/c20-16-5-3-15(4-6-16)18(12-17-2-1-11-24-17)19(23)22-9-7-14(13-21)8-10-22/h1-6,11,14,18H,7-10,12H2. The number of nitrogens with zero attached hydrogens (tertiary/aromatic N) is 2. The van der Waals surface area contributed by atoms with Crippen LogP contribution in [-0.4, -0.2) is 23.9 Å². The van der Waals surface area contributed by atoms with E-state index in [2.05, 4.69) is 12.1 Å². The van der Waals surface area contributed by atoms with Gasteiger partial charge in [0, 0.05) is 28.9 Å². The molecule has 2 heterocycles. The predicted molar refractivity (Wildman–Crippen MR) is 97.1 cm³/mol. The molecule has 0 spiro atoms. The second-order valence-electron chi connectivity index (χ2n) is 6.12. The third kappa shape index (κ3) is 3.98. The fraction of sp³-hybridized carbons (Fsp3) is 0.368. The van der Waals surface area contributed by atoms with Crippen molar-refractivity contribution in [1.82, 2.24) is 4.90 Å². The molecule has 1 amide bonds. The van der Waals surface area contributed by atoms with E-state index in [4.69, 9.17) is 16.9 Å². The Hall–Kier alpha value is -1.83. The molecule has 124 valence electrons. The van der Waals surface area contributed by atoms with Crippen LogP contribution in [0.2, 0.25) is 5.02 Å². The van der Waals surface area contributed by atoms with Gasteiger partial charge in [0.2, 0.25) is 5.91 Å². The van der Waals surface area contributed by atoms with E-state index >= 15 is 0 Å². The molecule has 3 rings (SSSR count). The molecular weight excluding hydrogens is 340 g/mol. The predicted octanol–water partition coefficient (Wildman–Crippen LogP) is 4.49. The molecule has 1 aliphatic rings. The van der Waals surface area contributed by atoms with E-state index < -0.39 is 0 Å². The maximum Gasteiger partial charge on any atom is 0.230 e. The number of hydrogen-bond acceptors (Lipinski definition) is 3. The van der Waals surface area contributed by atoms with Gasteiger partial charge in [0.1, 0.15) is 0 Å². The van der Waals surface area contributed by atoms with Crippen molar-refractivity contribution >= 4 is 28.8 Å². The van der Waals surface area contributed by atoms with E-state index in [-0.39, 0.29) is 17.7 Å². The van der Waals surface area contributed by atoms with Crippen molar-refractivity contribution in [3.63, 3.8) is 0 Å². The van der Waals surface area contributed by atoms with Crippen molar-refractivity contribution in [3.8, 4) is 6.07 Å². The summed E-state index contributed by atoms with van der Waals surface area (Å²) in [4.78, 5) is 16.2. The number of thiophene rings is 1. The van der Waals surface area contributed by atoms with Crippen LogP contribution in [0.15, 0.2) is 41.8 Å². The summed E-state index contributed by atoms with van der Waals surface area (Å²) in [5, 5.41) is 11.8. The minimum atomic E-state index is -0.195. The molecule has 5 heteroatoms. The monoisotopic (exact) mass is 358 g/mol. The van der Waals surface area contributed by atoms with Crippen LogP contribution in [0.1, 0.15) is 29.2 Å². The Labute approximate surface area is 151 Å². The fourth-order valence-corrected chi connectivity index (χ4v) is 4.00. The largest absolute Gasteiger partial charge is 0.342 e. The van der Waals surface area contributed by atoms with Crippen molar-refractivity contribution in [2.75, 3.05) is 13.1 Å². The maximum atomic E-state index is 13.1. The van der Waals surface area contributed by atoms with E-state index in [1.54, 1.807) is 11.3 Å². The highest BCUT2D eigenvalue weighted by atomic mass is 35.5. The summed E-state index contributed by atoms with van der Waals surface area (Å²) in [6.07, 6.45) is 2.25. The summed E-state index contributed by atoms with van der Waals surface area (Å²) in [6, 6.07) is 14.0. The third-order valence-corrected chi connectivity index (χ3v) is 5.70. The quantitative estimate of drug-likeness (QED) is 0.808. The summed E-state index contributed by atoms with van der Waals surface area (Å²) in [7, 11) is 0. The average molecular weight is 359 g/mol. The maximum absolute atomic E-state index is 13.1. The first-order chi connectivity index (χ1) is 11.7. The first-order valence-electron chi connectivity index (χ1n) is 8.13. The highest BCUT2D eigenvalue weighted by molar-refractivity contribution is 7.09. The lowest BCUT2D eigenvalue weighted by atomic mass is 9.91. The Morgan fingerprint density at radius 2 is 2.00 bits per heavy atom. The molecule has 1 aromatic heterocycles. The Bertz CT molecular complexity index is 713. The van der Waals surface area contributed by atoms with Crippen LogP contribution in [0.3, 0.4) is 0 Å². The Kier molecular flexibility index (Phi) is 5.55. The average Bonchev–Trinajstić information content (AvgIpc) is 3.13. The number of rotatable bonds is 4. The zero-order chi connectivity index (χ0) is 16.9. The van der Waals surface area contributed by atoms with Crippen LogP contribution < -0.4 is 0 Å². The molecule has 0 aliphatic carbocycles. The second-order valence-corrected chi connectivity index (χ2v) is 7.58. The van der Waals surface area contributed by atoms with Gasteiger partial charge in [-0.1, -0.05) is 29.8 Å². The van der Waals surface area contributed by atoms with Crippen LogP contribution in [0.4, 0.5) is 0 Å². The summed E-state index contributed by atoms with van der Waals surface area (Å²) < 4.78 is 0. The molecule has 0 N–H and O–H groups in total. The van der Waals surface area contributed by atoms with Crippen LogP contribution in [0.25, 0.3) is 0 Å². The van der Waals surface area contributed by atoms with Crippen LogP contribution in [-0.2, 0) is 11.2 Å². The van der Waals surface area contributed by atoms with Crippen LogP contribution in [0, 0.1) is 17.2 Å². The van der Waals surface area contributed by atoms with Crippen molar-refractivity contribution in [2.45, 2.75) is 25.2 Å². The Balaban J connectivity index is 1.80. The molecule has 1 unspecified atom stereocenters.